The third-order valence-electron chi connectivity index (χ3n) is 6.46. The number of nitrogens with one attached hydrogen (secondary N) is 2. The van der Waals surface area contributed by atoms with Gasteiger partial charge in [0, 0.05) is 12.1 Å². The molecule has 1 heterocycles. The standard InChI is InChI=1S/C30H33FN4O5/c1-29(2,3)40-28(38)33-17-5-6-20-18-30(20,27(32)37)35-26(36)25-8-4-7-24(34-25)19-9-13-22(14-10-19)39-23-15-11-21(31)12-16-23/h4,7-16,20H,5-6,17-18H2,1-3H3,(H2,32,37)(H,33,38)(H,35,36)/t20-,30?/m1/s1. The van der Waals surface area contributed by atoms with Crippen molar-refractivity contribution >= 4 is 17.9 Å². The molecule has 3 aromatic rings. The van der Waals surface area contributed by atoms with Crippen molar-refractivity contribution in [3.05, 3.63) is 78.2 Å². The largest absolute Gasteiger partial charge is 0.457 e. The summed E-state index contributed by atoms with van der Waals surface area (Å²) in [6.07, 6.45) is 1.12. The van der Waals surface area contributed by atoms with Gasteiger partial charge in [-0.25, -0.2) is 14.2 Å². The van der Waals surface area contributed by atoms with Crippen molar-refractivity contribution < 1.29 is 28.2 Å². The van der Waals surface area contributed by atoms with Crippen LogP contribution in [0.2, 0.25) is 0 Å². The van der Waals surface area contributed by atoms with Gasteiger partial charge in [-0.1, -0.05) is 6.07 Å². The predicted octanol–water partition coefficient (Wildman–Crippen LogP) is 4.96. The molecule has 0 saturated heterocycles. The molecule has 0 radical (unpaired) electrons. The fourth-order valence-electron chi connectivity index (χ4n) is 4.37. The van der Waals surface area contributed by atoms with Gasteiger partial charge in [-0.2, -0.15) is 0 Å². The second-order valence-corrected chi connectivity index (χ2v) is 10.8. The molecular formula is C30H33FN4O5. The molecule has 210 valence electrons. The third-order valence-corrected chi connectivity index (χ3v) is 6.46. The van der Waals surface area contributed by atoms with Crippen LogP contribution in [-0.4, -0.2) is 40.6 Å². The van der Waals surface area contributed by atoms with E-state index in [0.717, 1.165) is 5.56 Å². The SMILES string of the molecule is CC(C)(C)OC(=O)NCCC[C@@H]1CC1(NC(=O)c1cccc(-c2ccc(Oc3ccc(F)cc3)cc2)n1)C(N)=O. The Hall–Kier alpha value is -4.47. The van der Waals surface area contributed by atoms with E-state index in [0.29, 0.717) is 43.0 Å². The van der Waals surface area contributed by atoms with Gasteiger partial charge >= 0.3 is 6.09 Å². The van der Waals surface area contributed by atoms with Gasteiger partial charge in [0.2, 0.25) is 5.91 Å². The molecule has 1 fully saturated rings. The van der Waals surface area contributed by atoms with Crippen molar-refractivity contribution in [3.63, 3.8) is 0 Å². The van der Waals surface area contributed by atoms with E-state index in [-0.39, 0.29) is 17.4 Å². The first-order valence-corrected chi connectivity index (χ1v) is 13.1. The van der Waals surface area contributed by atoms with Gasteiger partial charge in [-0.15, -0.1) is 0 Å². The number of hydrogen-bond acceptors (Lipinski definition) is 6. The monoisotopic (exact) mass is 548 g/mol. The summed E-state index contributed by atoms with van der Waals surface area (Å²) in [6.45, 7) is 5.74. The fraction of sp³-hybridized carbons (Fsp3) is 0.333. The number of rotatable bonds is 10. The number of halogens is 1. The van der Waals surface area contributed by atoms with Gasteiger partial charge in [0.15, 0.2) is 0 Å². The van der Waals surface area contributed by atoms with Crippen molar-refractivity contribution in [2.24, 2.45) is 11.7 Å². The summed E-state index contributed by atoms with van der Waals surface area (Å²) in [5, 5.41) is 5.49. The number of benzene rings is 2. The zero-order chi connectivity index (χ0) is 28.9. The molecule has 1 aromatic heterocycles. The topological polar surface area (TPSA) is 133 Å². The second-order valence-electron chi connectivity index (χ2n) is 10.8. The summed E-state index contributed by atoms with van der Waals surface area (Å²) >= 11 is 0. The molecule has 0 aliphatic heterocycles. The van der Waals surface area contributed by atoms with Crippen molar-refractivity contribution in [3.8, 4) is 22.8 Å². The lowest BCUT2D eigenvalue weighted by Gasteiger charge is -2.19. The number of pyridine rings is 1. The lowest BCUT2D eigenvalue weighted by atomic mass is 10.1. The van der Waals surface area contributed by atoms with Crippen LogP contribution in [0.3, 0.4) is 0 Å². The van der Waals surface area contributed by atoms with Crippen molar-refractivity contribution in [2.75, 3.05) is 6.54 Å². The highest BCUT2D eigenvalue weighted by Crippen LogP contribution is 2.46. The van der Waals surface area contributed by atoms with Crippen LogP contribution in [0, 0.1) is 11.7 Å². The molecular weight excluding hydrogens is 515 g/mol. The Bertz CT molecular complexity index is 1370. The van der Waals surface area contributed by atoms with Crippen LogP contribution in [0.1, 0.15) is 50.5 Å². The van der Waals surface area contributed by atoms with E-state index in [1.165, 1.54) is 24.3 Å². The number of nitrogens with two attached hydrogens (primary N) is 1. The minimum Gasteiger partial charge on any atom is -0.457 e. The minimum absolute atomic E-state index is 0.133. The van der Waals surface area contributed by atoms with Crippen molar-refractivity contribution in [1.82, 2.24) is 15.6 Å². The smallest absolute Gasteiger partial charge is 0.407 e. The van der Waals surface area contributed by atoms with Crippen LogP contribution in [0.25, 0.3) is 11.3 Å². The van der Waals surface area contributed by atoms with E-state index >= 15 is 0 Å². The molecule has 0 bridgehead atoms. The van der Waals surface area contributed by atoms with Crippen molar-refractivity contribution in [2.45, 2.75) is 51.2 Å². The number of hydrogen-bond donors (Lipinski definition) is 3. The first-order chi connectivity index (χ1) is 18.9. The van der Waals surface area contributed by atoms with E-state index in [4.69, 9.17) is 15.2 Å². The number of carbonyl (C=O) groups is 3. The predicted molar refractivity (Wildman–Crippen MR) is 147 cm³/mol. The summed E-state index contributed by atoms with van der Waals surface area (Å²) < 4.78 is 24.0. The molecule has 10 heteroatoms. The average molecular weight is 549 g/mol. The third kappa shape index (κ3) is 7.34. The number of carbonyl (C=O) groups excluding carboxylic acids is 3. The second kappa shape index (κ2) is 11.7. The minimum atomic E-state index is -1.14. The molecule has 1 unspecified atom stereocenters. The Morgan fingerprint density at radius 2 is 1.68 bits per heavy atom. The summed E-state index contributed by atoms with van der Waals surface area (Å²) in [4.78, 5) is 41.6. The molecule has 2 aromatic carbocycles. The number of aromatic nitrogens is 1. The lowest BCUT2D eigenvalue weighted by Crippen LogP contribution is -2.48. The van der Waals surface area contributed by atoms with Gasteiger partial charge in [-0.3, -0.25) is 9.59 Å². The number of amides is 3. The van der Waals surface area contributed by atoms with Crippen LogP contribution in [0.4, 0.5) is 9.18 Å². The number of primary amides is 1. The average Bonchev–Trinajstić information content (AvgIpc) is 3.61. The highest BCUT2D eigenvalue weighted by Gasteiger charge is 2.59. The van der Waals surface area contributed by atoms with Gasteiger partial charge < -0.3 is 25.8 Å². The maximum atomic E-state index is 13.1. The van der Waals surface area contributed by atoms with Gasteiger partial charge in [0.25, 0.3) is 5.91 Å². The summed E-state index contributed by atoms with van der Waals surface area (Å²) in [5.74, 6) is -0.499. The first kappa shape index (κ1) is 28.5. The zero-order valence-electron chi connectivity index (χ0n) is 22.7. The van der Waals surface area contributed by atoms with Crippen LogP contribution in [0.15, 0.2) is 66.7 Å². The van der Waals surface area contributed by atoms with Crippen LogP contribution < -0.4 is 21.1 Å². The zero-order valence-corrected chi connectivity index (χ0v) is 22.7. The molecule has 9 nitrogen and oxygen atoms in total. The Labute approximate surface area is 232 Å². The maximum Gasteiger partial charge on any atom is 0.407 e. The van der Waals surface area contributed by atoms with E-state index in [1.807, 2.05) is 0 Å². The highest BCUT2D eigenvalue weighted by molar-refractivity contribution is 5.99. The van der Waals surface area contributed by atoms with Gasteiger partial charge in [0.05, 0.1) is 5.69 Å². The van der Waals surface area contributed by atoms with Crippen LogP contribution in [0.5, 0.6) is 11.5 Å². The Kier molecular flexibility index (Phi) is 8.37. The Morgan fingerprint density at radius 3 is 2.30 bits per heavy atom. The number of ether oxygens (including phenoxy) is 2. The molecule has 2 atom stereocenters. The van der Waals surface area contributed by atoms with E-state index in [9.17, 15) is 18.8 Å². The Morgan fingerprint density at radius 1 is 1.02 bits per heavy atom. The maximum absolute atomic E-state index is 13.1. The fourth-order valence-corrected chi connectivity index (χ4v) is 4.37. The molecule has 1 aliphatic carbocycles. The molecule has 4 N–H and O–H groups in total. The molecule has 0 spiro atoms. The quantitative estimate of drug-likeness (QED) is 0.307. The first-order valence-electron chi connectivity index (χ1n) is 13.1. The Balaban J connectivity index is 1.33. The molecule has 1 saturated carbocycles. The molecule has 3 amide bonds. The van der Waals surface area contributed by atoms with E-state index in [2.05, 4.69) is 15.6 Å². The summed E-state index contributed by atoms with van der Waals surface area (Å²) in [7, 11) is 0. The normalized spacial score (nSPS) is 17.9. The molecule has 40 heavy (non-hydrogen) atoms. The molecule has 1 aliphatic rings. The van der Waals surface area contributed by atoms with Crippen molar-refractivity contribution in [1.29, 1.82) is 0 Å². The lowest BCUT2D eigenvalue weighted by molar-refractivity contribution is -0.121. The van der Waals surface area contributed by atoms with E-state index in [1.54, 1.807) is 63.2 Å². The van der Waals surface area contributed by atoms with Crippen LogP contribution >= 0.6 is 0 Å². The number of nitrogens with zero attached hydrogens (tertiary/aromatic N) is 1. The van der Waals surface area contributed by atoms with E-state index < -0.39 is 29.0 Å². The summed E-state index contributed by atoms with van der Waals surface area (Å²) in [6, 6.07) is 17.9. The number of alkyl carbamates (subject to hydrolysis) is 1. The van der Waals surface area contributed by atoms with Crippen LogP contribution in [-0.2, 0) is 9.53 Å². The van der Waals surface area contributed by atoms with Gasteiger partial charge in [-0.05, 0) is 107 Å². The highest BCUT2D eigenvalue weighted by atomic mass is 19.1. The molecule has 4 rings (SSSR count). The van der Waals surface area contributed by atoms with Gasteiger partial charge in [0.1, 0.15) is 34.2 Å². The summed E-state index contributed by atoms with van der Waals surface area (Å²) in [5.41, 5.74) is 5.43.